The van der Waals surface area contributed by atoms with Crippen molar-refractivity contribution in [3.8, 4) is 5.75 Å². The largest absolute Gasteiger partial charge is 0.497 e. The number of aryl methyl sites for hydroxylation is 2. The fourth-order valence-corrected chi connectivity index (χ4v) is 2.11. The van der Waals surface area contributed by atoms with E-state index >= 15 is 0 Å². The molecular weight excluding hydrogens is 276 g/mol. The molecule has 2 N–H and O–H groups in total. The first-order valence-corrected chi connectivity index (χ1v) is 7.33. The molecule has 0 bridgehead atoms. The summed E-state index contributed by atoms with van der Waals surface area (Å²) in [6.45, 7) is 4.59. The first kappa shape index (κ1) is 15.9. The maximum atomic E-state index is 12.0. The lowest BCUT2D eigenvalue weighted by molar-refractivity contribution is -0.115. The molecule has 0 unspecified atom stereocenters. The monoisotopic (exact) mass is 298 g/mol. The summed E-state index contributed by atoms with van der Waals surface area (Å²) in [7, 11) is 1.64. The van der Waals surface area contributed by atoms with Crippen molar-refractivity contribution >= 4 is 17.3 Å². The lowest BCUT2D eigenvalue weighted by atomic mass is 10.1. The molecule has 2 aromatic carbocycles. The quantitative estimate of drug-likeness (QED) is 0.854. The molecule has 0 heterocycles. The van der Waals surface area contributed by atoms with Gasteiger partial charge in [-0.05, 0) is 55.3 Å². The van der Waals surface area contributed by atoms with Crippen molar-refractivity contribution in [3.05, 3.63) is 53.6 Å². The van der Waals surface area contributed by atoms with Crippen LogP contribution in [0.5, 0.6) is 5.75 Å². The molecule has 0 aliphatic carbocycles. The first-order chi connectivity index (χ1) is 10.6. The molecule has 2 aromatic rings. The molecule has 116 valence electrons. The predicted molar refractivity (Wildman–Crippen MR) is 90.6 cm³/mol. The van der Waals surface area contributed by atoms with Crippen LogP contribution in [0.4, 0.5) is 11.4 Å². The molecular formula is C18H22N2O2. The van der Waals surface area contributed by atoms with Crippen LogP contribution in [0.15, 0.2) is 42.5 Å². The van der Waals surface area contributed by atoms with Gasteiger partial charge in [-0.2, -0.15) is 0 Å². The number of anilines is 2. The molecule has 0 aromatic heterocycles. The van der Waals surface area contributed by atoms with Crippen LogP contribution in [0.3, 0.4) is 0 Å². The van der Waals surface area contributed by atoms with Gasteiger partial charge in [-0.15, -0.1) is 0 Å². The van der Waals surface area contributed by atoms with E-state index in [4.69, 9.17) is 4.74 Å². The molecule has 0 aliphatic heterocycles. The number of benzene rings is 2. The maximum Gasteiger partial charge on any atom is 0.226 e. The standard InChI is InChI=1S/C18H22N2O2/c1-13-4-5-14(2)17(12-13)20-18(21)10-11-19-15-6-8-16(22-3)9-7-15/h4-9,12,19H,10-11H2,1-3H3,(H,20,21). The van der Waals surface area contributed by atoms with Gasteiger partial charge in [0.1, 0.15) is 5.75 Å². The van der Waals surface area contributed by atoms with Gasteiger partial charge in [-0.1, -0.05) is 12.1 Å². The average Bonchev–Trinajstić information content (AvgIpc) is 2.51. The van der Waals surface area contributed by atoms with Gasteiger partial charge in [-0.3, -0.25) is 4.79 Å². The second-order valence-corrected chi connectivity index (χ2v) is 5.27. The average molecular weight is 298 g/mol. The Hall–Kier alpha value is -2.49. The first-order valence-electron chi connectivity index (χ1n) is 7.33. The van der Waals surface area contributed by atoms with E-state index in [0.717, 1.165) is 28.3 Å². The Kier molecular flexibility index (Phi) is 5.42. The molecule has 2 rings (SSSR count). The predicted octanol–water partition coefficient (Wildman–Crippen LogP) is 3.75. The molecule has 0 radical (unpaired) electrons. The Bertz CT molecular complexity index is 636. The molecule has 0 atom stereocenters. The third kappa shape index (κ3) is 4.52. The Morgan fingerprint density at radius 1 is 1.09 bits per heavy atom. The molecule has 0 saturated carbocycles. The van der Waals surface area contributed by atoms with Crippen LogP contribution >= 0.6 is 0 Å². The van der Waals surface area contributed by atoms with Gasteiger partial charge in [-0.25, -0.2) is 0 Å². The van der Waals surface area contributed by atoms with E-state index in [0.29, 0.717) is 13.0 Å². The minimum absolute atomic E-state index is 0.00899. The van der Waals surface area contributed by atoms with Crippen molar-refractivity contribution in [3.63, 3.8) is 0 Å². The van der Waals surface area contributed by atoms with E-state index in [-0.39, 0.29) is 5.91 Å². The molecule has 22 heavy (non-hydrogen) atoms. The highest BCUT2D eigenvalue weighted by Crippen LogP contribution is 2.17. The van der Waals surface area contributed by atoms with Crippen molar-refractivity contribution in [2.24, 2.45) is 0 Å². The number of hydrogen-bond donors (Lipinski definition) is 2. The number of carbonyl (C=O) groups is 1. The van der Waals surface area contributed by atoms with Crippen molar-refractivity contribution in [2.75, 3.05) is 24.3 Å². The zero-order valence-electron chi connectivity index (χ0n) is 13.3. The Balaban J connectivity index is 1.81. The minimum Gasteiger partial charge on any atom is -0.497 e. The zero-order valence-corrected chi connectivity index (χ0v) is 13.3. The summed E-state index contributed by atoms with van der Waals surface area (Å²) >= 11 is 0. The molecule has 0 spiro atoms. The van der Waals surface area contributed by atoms with E-state index in [9.17, 15) is 4.79 Å². The Morgan fingerprint density at radius 3 is 2.50 bits per heavy atom. The summed E-state index contributed by atoms with van der Waals surface area (Å²) in [6.07, 6.45) is 0.416. The molecule has 0 aliphatic rings. The van der Waals surface area contributed by atoms with Gasteiger partial charge in [0.05, 0.1) is 7.11 Å². The van der Waals surface area contributed by atoms with Gasteiger partial charge < -0.3 is 15.4 Å². The van der Waals surface area contributed by atoms with Crippen LogP contribution in [-0.4, -0.2) is 19.6 Å². The topological polar surface area (TPSA) is 50.4 Å². The van der Waals surface area contributed by atoms with Crippen LogP contribution in [-0.2, 0) is 4.79 Å². The van der Waals surface area contributed by atoms with E-state index in [1.807, 2.05) is 56.3 Å². The van der Waals surface area contributed by atoms with Crippen LogP contribution in [0.25, 0.3) is 0 Å². The number of nitrogens with one attached hydrogen (secondary N) is 2. The normalized spacial score (nSPS) is 10.1. The highest BCUT2D eigenvalue weighted by molar-refractivity contribution is 5.91. The van der Waals surface area contributed by atoms with Crippen molar-refractivity contribution < 1.29 is 9.53 Å². The summed E-state index contributed by atoms with van der Waals surface area (Å²) in [6, 6.07) is 13.7. The van der Waals surface area contributed by atoms with Gasteiger partial charge >= 0.3 is 0 Å². The minimum atomic E-state index is 0.00899. The molecule has 4 nitrogen and oxygen atoms in total. The van der Waals surface area contributed by atoms with E-state index in [1.54, 1.807) is 7.11 Å². The van der Waals surface area contributed by atoms with Crippen LogP contribution in [0, 0.1) is 13.8 Å². The van der Waals surface area contributed by atoms with Gasteiger partial charge in [0.2, 0.25) is 5.91 Å². The lowest BCUT2D eigenvalue weighted by Gasteiger charge is -2.10. The summed E-state index contributed by atoms with van der Waals surface area (Å²) < 4.78 is 5.11. The SMILES string of the molecule is COc1ccc(NCCC(=O)Nc2cc(C)ccc2C)cc1. The Labute approximate surface area is 131 Å². The third-order valence-corrected chi connectivity index (χ3v) is 3.44. The van der Waals surface area contributed by atoms with E-state index in [2.05, 4.69) is 10.6 Å². The third-order valence-electron chi connectivity index (χ3n) is 3.44. The number of methoxy groups -OCH3 is 1. The maximum absolute atomic E-state index is 12.0. The second-order valence-electron chi connectivity index (χ2n) is 5.27. The van der Waals surface area contributed by atoms with Crippen molar-refractivity contribution in [2.45, 2.75) is 20.3 Å². The Morgan fingerprint density at radius 2 is 1.82 bits per heavy atom. The number of rotatable bonds is 6. The highest BCUT2D eigenvalue weighted by atomic mass is 16.5. The van der Waals surface area contributed by atoms with E-state index < -0.39 is 0 Å². The summed E-state index contributed by atoms with van der Waals surface area (Å²) in [4.78, 5) is 12.0. The second kappa shape index (κ2) is 7.50. The summed E-state index contributed by atoms with van der Waals surface area (Å²) in [5.41, 5.74) is 4.06. The molecule has 4 heteroatoms. The summed E-state index contributed by atoms with van der Waals surface area (Å²) in [5, 5.41) is 6.18. The van der Waals surface area contributed by atoms with E-state index in [1.165, 1.54) is 0 Å². The number of amides is 1. The smallest absolute Gasteiger partial charge is 0.226 e. The fraction of sp³-hybridized carbons (Fsp3) is 0.278. The van der Waals surface area contributed by atoms with Crippen molar-refractivity contribution in [1.82, 2.24) is 0 Å². The fourth-order valence-electron chi connectivity index (χ4n) is 2.11. The zero-order chi connectivity index (χ0) is 15.9. The van der Waals surface area contributed by atoms with Crippen LogP contribution < -0.4 is 15.4 Å². The van der Waals surface area contributed by atoms with Crippen LogP contribution in [0.2, 0.25) is 0 Å². The highest BCUT2D eigenvalue weighted by Gasteiger charge is 2.05. The number of hydrogen-bond acceptors (Lipinski definition) is 3. The summed E-state index contributed by atoms with van der Waals surface area (Å²) in [5.74, 6) is 0.827. The molecule has 1 amide bonds. The molecule has 0 fully saturated rings. The van der Waals surface area contributed by atoms with Gasteiger partial charge in [0.15, 0.2) is 0 Å². The lowest BCUT2D eigenvalue weighted by Crippen LogP contribution is -2.16. The van der Waals surface area contributed by atoms with Crippen molar-refractivity contribution in [1.29, 1.82) is 0 Å². The van der Waals surface area contributed by atoms with Gasteiger partial charge in [0.25, 0.3) is 0 Å². The molecule has 0 saturated heterocycles. The van der Waals surface area contributed by atoms with Crippen LogP contribution in [0.1, 0.15) is 17.5 Å². The van der Waals surface area contributed by atoms with Gasteiger partial charge in [0, 0.05) is 24.3 Å². The number of carbonyl (C=O) groups excluding carboxylic acids is 1. The number of ether oxygens (including phenoxy) is 1.